The topological polar surface area (TPSA) is 39.1 Å². The van der Waals surface area contributed by atoms with E-state index in [1.165, 1.54) is 11.1 Å². The van der Waals surface area contributed by atoms with Gasteiger partial charge in [0.05, 0.1) is 24.5 Å². The Hall–Kier alpha value is -1.97. The molecule has 2 heterocycles. The number of rotatable bonds is 3. The van der Waals surface area contributed by atoms with Crippen LogP contribution in [-0.2, 0) is 0 Å². The zero-order valence-corrected chi connectivity index (χ0v) is 13.0. The summed E-state index contributed by atoms with van der Waals surface area (Å²) in [5, 5.41) is 8.02. The Kier molecular flexibility index (Phi) is 3.86. The minimum atomic E-state index is 0.284. The minimum absolute atomic E-state index is 0.284. The maximum absolute atomic E-state index is 5.93. The van der Waals surface area contributed by atoms with Gasteiger partial charge in [0.1, 0.15) is 5.75 Å². The number of aryl methyl sites for hydroxylation is 1. The van der Waals surface area contributed by atoms with Crippen molar-refractivity contribution >= 4 is 5.69 Å². The van der Waals surface area contributed by atoms with Gasteiger partial charge < -0.3 is 10.1 Å². The van der Waals surface area contributed by atoms with Crippen molar-refractivity contribution in [1.82, 2.24) is 9.78 Å². The van der Waals surface area contributed by atoms with Crippen molar-refractivity contribution in [3.8, 4) is 5.75 Å². The summed E-state index contributed by atoms with van der Waals surface area (Å²) in [5.41, 5.74) is 3.53. The Balaban J connectivity index is 1.86. The first kappa shape index (κ1) is 14.0. The van der Waals surface area contributed by atoms with Gasteiger partial charge in [0.25, 0.3) is 0 Å². The van der Waals surface area contributed by atoms with Crippen molar-refractivity contribution in [2.45, 2.75) is 45.7 Å². The predicted molar refractivity (Wildman–Crippen MR) is 84.9 cm³/mol. The number of para-hydroxylation sites is 1. The summed E-state index contributed by atoms with van der Waals surface area (Å²) in [4.78, 5) is 0. The summed E-state index contributed by atoms with van der Waals surface area (Å²) in [6.45, 7) is 7.17. The van der Waals surface area contributed by atoms with Gasteiger partial charge in [-0.25, -0.2) is 0 Å². The quantitative estimate of drug-likeness (QED) is 0.923. The smallest absolute Gasteiger partial charge is 0.127 e. The van der Waals surface area contributed by atoms with E-state index in [1.807, 2.05) is 10.9 Å². The lowest BCUT2D eigenvalue weighted by atomic mass is 10.00. The summed E-state index contributed by atoms with van der Waals surface area (Å²) in [6, 6.07) is 7.05. The number of nitrogens with one attached hydrogen (secondary N) is 1. The molecule has 1 aromatic carbocycles. The second kappa shape index (κ2) is 5.80. The molecule has 0 fully saturated rings. The third kappa shape index (κ3) is 2.89. The lowest BCUT2D eigenvalue weighted by molar-refractivity contribution is 0.314. The van der Waals surface area contributed by atoms with Gasteiger partial charge in [-0.15, -0.1) is 0 Å². The van der Waals surface area contributed by atoms with Gasteiger partial charge in [0.15, 0.2) is 0 Å². The average molecular weight is 285 g/mol. The third-order valence-corrected chi connectivity index (χ3v) is 3.97. The minimum Gasteiger partial charge on any atom is -0.493 e. The summed E-state index contributed by atoms with van der Waals surface area (Å²) in [6.07, 6.45) is 6.11. The Morgan fingerprint density at radius 2 is 2.24 bits per heavy atom. The van der Waals surface area contributed by atoms with Gasteiger partial charge in [0.2, 0.25) is 0 Å². The van der Waals surface area contributed by atoms with Crippen LogP contribution in [0.3, 0.4) is 0 Å². The standard InChI is InChI=1S/C17H23N3O/c1-12(2)20-11-14(10-18-20)19-16-8-5-9-21-17-13(3)6-4-7-15(16)17/h4,6-7,10-12,16,19H,5,8-9H2,1-3H3. The van der Waals surface area contributed by atoms with Crippen molar-refractivity contribution in [3.05, 3.63) is 41.7 Å². The van der Waals surface area contributed by atoms with Crippen molar-refractivity contribution in [1.29, 1.82) is 0 Å². The molecule has 1 atom stereocenters. The van der Waals surface area contributed by atoms with Gasteiger partial charge in [0, 0.05) is 17.8 Å². The molecule has 1 aliphatic heterocycles. The van der Waals surface area contributed by atoms with Crippen LogP contribution in [0.15, 0.2) is 30.6 Å². The van der Waals surface area contributed by atoms with Crippen LogP contribution in [-0.4, -0.2) is 16.4 Å². The SMILES string of the molecule is Cc1cccc2c1OCCCC2Nc1cnn(C(C)C)c1. The molecule has 0 aliphatic carbocycles. The number of benzene rings is 1. The molecule has 0 bridgehead atoms. The summed E-state index contributed by atoms with van der Waals surface area (Å²) in [7, 11) is 0. The van der Waals surface area contributed by atoms with Crippen LogP contribution in [0.25, 0.3) is 0 Å². The molecule has 0 saturated carbocycles. The Labute approximate surface area is 126 Å². The summed E-state index contributed by atoms with van der Waals surface area (Å²) in [5.74, 6) is 1.05. The third-order valence-electron chi connectivity index (χ3n) is 3.97. The van der Waals surface area contributed by atoms with Gasteiger partial charge in [-0.3, -0.25) is 4.68 Å². The highest BCUT2D eigenvalue weighted by Crippen LogP contribution is 2.35. The van der Waals surface area contributed by atoms with Crippen LogP contribution in [0.4, 0.5) is 5.69 Å². The maximum Gasteiger partial charge on any atom is 0.127 e. The van der Waals surface area contributed by atoms with E-state index >= 15 is 0 Å². The number of hydrogen-bond acceptors (Lipinski definition) is 3. The van der Waals surface area contributed by atoms with Gasteiger partial charge in [-0.2, -0.15) is 5.10 Å². The van der Waals surface area contributed by atoms with Crippen LogP contribution < -0.4 is 10.1 Å². The Morgan fingerprint density at radius 1 is 1.38 bits per heavy atom. The van der Waals surface area contributed by atoms with Crippen LogP contribution >= 0.6 is 0 Å². The first-order chi connectivity index (χ1) is 10.1. The zero-order valence-electron chi connectivity index (χ0n) is 13.0. The van der Waals surface area contributed by atoms with E-state index in [9.17, 15) is 0 Å². The molecule has 0 radical (unpaired) electrons. The highest BCUT2D eigenvalue weighted by atomic mass is 16.5. The fourth-order valence-electron chi connectivity index (χ4n) is 2.81. The second-order valence-electron chi connectivity index (χ2n) is 5.98. The number of hydrogen-bond donors (Lipinski definition) is 1. The van der Waals surface area contributed by atoms with E-state index in [0.29, 0.717) is 6.04 Å². The Morgan fingerprint density at radius 3 is 3.00 bits per heavy atom. The fraction of sp³-hybridized carbons (Fsp3) is 0.471. The molecule has 0 saturated heterocycles. The monoisotopic (exact) mass is 285 g/mol. The molecule has 2 aromatic rings. The first-order valence-corrected chi connectivity index (χ1v) is 7.68. The molecule has 4 heteroatoms. The van der Waals surface area contributed by atoms with E-state index in [1.54, 1.807) is 0 Å². The number of ether oxygens (including phenoxy) is 1. The number of aromatic nitrogens is 2. The molecule has 1 unspecified atom stereocenters. The van der Waals surface area contributed by atoms with Gasteiger partial charge in [-0.05, 0) is 39.2 Å². The second-order valence-corrected chi connectivity index (χ2v) is 5.98. The van der Waals surface area contributed by atoms with Crippen molar-refractivity contribution in [3.63, 3.8) is 0 Å². The fourth-order valence-corrected chi connectivity index (χ4v) is 2.81. The van der Waals surface area contributed by atoms with Crippen molar-refractivity contribution < 1.29 is 4.74 Å². The summed E-state index contributed by atoms with van der Waals surface area (Å²) < 4.78 is 7.91. The van der Waals surface area contributed by atoms with Gasteiger partial charge in [-0.1, -0.05) is 18.2 Å². The molecule has 0 spiro atoms. The van der Waals surface area contributed by atoms with Crippen LogP contribution in [0, 0.1) is 6.92 Å². The number of anilines is 1. The molecule has 3 rings (SSSR count). The highest BCUT2D eigenvalue weighted by Gasteiger charge is 2.21. The first-order valence-electron chi connectivity index (χ1n) is 7.68. The van der Waals surface area contributed by atoms with E-state index in [4.69, 9.17) is 4.74 Å². The van der Waals surface area contributed by atoms with Crippen LogP contribution in [0.1, 0.15) is 49.9 Å². The highest BCUT2D eigenvalue weighted by molar-refractivity contribution is 5.48. The number of fused-ring (bicyclic) bond motifs is 1. The molecular weight excluding hydrogens is 262 g/mol. The molecular formula is C17H23N3O. The van der Waals surface area contributed by atoms with Crippen LogP contribution in [0.5, 0.6) is 5.75 Å². The Bertz CT molecular complexity index is 618. The lowest BCUT2D eigenvalue weighted by Gasteiger charge is -2.19. The normalized spacial score (nSPS) is 18.0. The molecule has 21 heavy (non-hydrogen) atoms. The lowest BCUT2D eigenvalue weighted by Crippen LogP contribution is -2.10. The van der Waals surface area contributed by atoms with Crippen LogP contribution in [0.2, 0.25) is 0 Å². The van der Waals surface area contributed by atoms with E-state index in [-0.39, 0.29) is 6.04 Å². The molecule has 1 aromatic heterocycles. The molecule has 4 nitrogen and oxygen atoms in total. The van der Waals surface area contributed by atoms with Crippen molar-refractivity contribution in [2.75, 3.05) is 11.9 Å². The van der Waals surface area contributed by atoms with E-state index in [2.05, 4.69) is 55.6 Å². The molecule has 1 N–H and O–H groups in total. The average Bonchev–Trinajstić information content (AvgIpc) is 2.82. The number of nitrogens with zero attached hydrogens (tertiary/aromatic N) is 2. The van der Waals surface area contributed by atoms with Gasteiger partial charge >= 0.3 is 0 Å². The molecule has 0 amide bonds. The largest absolute Gasteiger partial charge is 0.493 e. The zero-order chi connectivity index (χ0) is 14.8. The summed E-state index contributed by atoms with van der Waals surface area (Å²) >= 11 is 0. The predicted octanol–water partition coefficient (Wildman–Crippen LogP) is 4.10. The van der Waals surface area contributed by atoms with Crippen molar-refractivity contribution in [2.24, 2.45) is 0 Å². The molecule has 112 valence electrons. The van der Waals surface area contributed by atoms with E-state index in [0.717, 1.165) is 30.9 Å². The molecule has 1 aliphatic rings. The maximum atomic E-state index is 5.93. The van der Waals surface area contributed by atoms with E-state index < -0.39 is 0 Å².